The quantitative estimate of drug-likeness (QED) is 0.545. The molecule has 0 amide bonds. The fraction of sp³-hybridized carbons (Fsp3) is 0.143. The normalized spacial score (nSPS) is 10.8. The summed E-state index contributed by atoms with van der Waals surface area (Å²) in [6.07, 6.45) is 3.79. The van der Waals surface area contributed by atoms with Gasteiger partial charge in [-0.05, 0) is 24.3 Å². The summed E-state index contributed by atoms with van der Waals surface area (Å²) in [4.78, 5) is 15.7. The number of nitrogens with zero attached hydrogens (tertiary/aromatic N) is 2. The van der Waals surface area contributed by atoms with Crippen LogP contribution in [0.3, 0.4) is 0 Å². The number of methoxy groups -OCH3 is 1. The smallest absolute Gasteiger partial charge is 0.373 e. The average Bonchev–Trinajstić information content (AvgIpc) is 3.11. The zero-order valence-corrected chi connectivity index (χ0v) is 11.6. The number of ether oxygens (including phenoxy) is 1. The van der Waals surface area contributed by atoms with Crippen LogP contribution < -0.4 is 0 Å². The van der Waals surface area contributed by atoms with Gasteiger partial charge in [-0.2, -0.15) is 0 Å². The van der Waals surface area contributed by atoms with E-state index in [1.807, 2.05) is 35.0 Å². The van der Waals surface area contributed by atoms with E-state index in [1.54, 1.807) is 23.9 Å². The van der Waals surface area contributed by atoms with E-state index in [2.05, 4.69) is 9.72 Å². The average molecular weight is 288 g/mol. The van der Waals surface area contributed by atoms with Gasteiger partial charge < -0.3 is 9.15 Å². The van der Waals surface area contributed by atoms with Crippen molar-refractivity contribution in [2.75, 3.05) is 7.11 Å². The van der Waals surface area contributed by atoms with Crippen LogP contribution in [0.1, 0.15) is 16.3 Å². The molecule has 6 heteroatoms. The summed E-state index contributed by atoms with van der Waals surface area (Å²) in [6, 6.07) is 9.32. The van der Waals surface area contributed by atoms with Crippen molar-refractivity contribution in [3.05, 3.63) is 54.2 Å². The third-order valence-corrected chi connectivity index (χ3v) is 3.79. The number of thioether (sulfide) groups is 1. The molecule has 3 aromatic heterocycles. The predicted molar refractivity (Wildman–Crippen MR) is 74.8 cm³/mol. The standard InChI is InChI=1S/C14H12N2O3S/c1-18-13(17)12-6-5-11(19-12)9-20-14-15-8-10-4-2-3-7-16(10)14/h2-8H,9H2,1H3. The molecule has 5 nitrogen and oxygen atoms in total. The van der Waals surface area contributed by atoms with Gasteiger partial charge in [0.1, 0.15) is 5.76 Å². The van der Waals surface area contributed by atoms with E-state index in [-0.39, 0.29) is 5.76 Å². The molecule has 3 rings (SSSR count). The molecular formula is C14H12N2O3S. The van der Waals surface area contributed by atoms with Crippen LogP contribution in [0.5, 0.6) is 0 Å². The number of rotatable bonds is 4. The van der Waals surface area contributed by atoms with Crippen molar-refractivity contribution >= 4 is 23.2 Å². The van der Waals surface area contributed by atoms with Crippen molar-refractivity contribution in [1.82, 2.24) is 9.38 Å². The molecule has 3 heterocycles. The maximum atomic E-state index is 11.3. The van der Waals surface area contributed by atoms with Crippen LogP contribution in [0.2, 0.25) is 0 Å². The molecule has 102 valence electrons. The van der Waals surface area contributed by atoms with Gasteiger partial charge in [-0.15, -0.1) is 0 Å². The second-order valence-corrected chi connectivity index (χ2v) is 5.02. The first-order valence-electron chi connectivity index (χ1n) is 6.00. The Kier molecular flexibility index (Phi) is 3.47. The zero-order valence-electron chi connectivity index (χ0n) is 10.8. The van der Waals surface area contributed by atoms with Gasteiger partial charge in [0, 0.05) is 6.20 Å². The van der Waals surface area contributed by atoms with E-state index in [4.69, 9.17) is 4.42 Å². The van der Waals surface area contributed by atoms with Crippen LogP contribution in [0.25, 0.3) is 5.52 Å². The monoisotopic (exact) mass is 288 g/mol. The Balaban J connectivity index is 1.73. The number of fused-ring (bicyclic) bond motifs is 1. The van der Waals surface area contributed by atoms with Gasteiger partial charge in [-0.3, -0.25) is 4.40 Å². The van der Waals surface area contributed by atoms with Gasteiger partial charge >= 0.3 is 5.97 Å². The Morgan fingerprint density at radius 1 is 1.40 bits per heavy atom. The first-order valence-corrected chi connectivity index (χ1v) is 6.98. The molecule has 0 radical (unpaired) electrons. The summed E-state index contributed by atoms with van der Waals surface area (Å²) in [7, 11) is 1.33. The van der Waals surface area contributed by atoms with Crippen LogP contribution in [0, 0.1) is 0 Å². The first-order chi connectivity index (χ1) is 9.78. The number of furan rings is 1. The number of carbonyl (C=O) groups is 1. The van der Waals surface area contributed by atoms with Crippen LogP contribution in [0.15, 0.2) is 52.3 Å². The highest BCUT2D eigenvalue weighted by atomic mass is 32.2. The van der Waals surface area contributed by atoms with Crippen LogP contribution >= 0.6 is 11.8 Å². The lowest BCUT2D eigenvalue weighted by molar-refractivity contribution is 0.0563. The van der Waals surface area contributed by atoms with Crippen molar-refractivity contribution in [3.8, 4) is 0 Å². The zero-order chi connectivity index (χ0) is 13.9. The predicted octanol–water partition coefficient (Wildman–Crippen LogP) is 3.01. The Morgan fingerprint density at radius 2 is 2.30 bits per heavy atom. The summed E-state index contributed by atoms with van der Waals surface area (Å²) >= 11 is 1.55. The van der Waals surface area contributed by atoms with Crippen molar-refractivity contribution in [1.29, 1.82) is 0 Å². The number of hydrogen-bond acceptors (Lipinski definition) is 5. The lowest BCUT2D eigenvalue weighted by atomic mass is 10.4. The summed E-state index contributed by atoms with van der Waals surface area (Å²) in [5.41, 5.74) is 1.05. The van der Waals surface area contributed by atoms with E-state index in [0.717, 1.165) is 10.7 Å². The minimum absolute atomic E-state index is 0.219. The molecule has 0 aromatic carbocycles. The molecule has 0 aliphatic carbocycles. The first kappa shape index (κ1) is 12.8. The molecule has 0 aliphatic rings. The van der Waals surface area contributed by atoms with E-state index in [1.165, 1.54) is 7.11 Å². The minimum Gasteiger partial charge on any atom is -0.463 e. The molecule has 3 aromatic rings. The maximum absolute atomic E-state index is 11.3. The summed E-state index contributed by atoms with van der Waals surface area (Å²) < 4.78 is 12.0. The van der Waals surface area contributed by atoms with E-state index >= 15 is 0 Å². The lowest BCUT2D eigenvalue weighted by Gasteiger charge is -1.99. The fourth-order valence-electron chi connectivity index (χ4n) is 1.83. The lowest BCUT2D eigenvalue weighted by Crippen LogP contribution is -1.98. The van der Waals surface area contributed by atoms with Crippen LogP contribution in [-0.4, -0.2) is 22.5 Å². The molecular weight excluding hydrogens is 276 g/mol. The van der Waals surface area contributed by atoms with Gasteiger partial charge in [0.05, 0.1) is 24.6 Å². The van der Waals surface area contributed by atoms with Crippen LogP contribution in [0.4, 0.5) is 0 Å². The second kappa shape index (κ2) is 5.42. The van der Waals surface area contributed by atoms with E-state index < -0.39 is 5.97 Å². The molecule has 0 spiro atoms. The van der Waals surface area contributed by atoms with Gasteiger partial charge in [0.15, 0.2) is 5.16 Å². The molecule has 0 aliphatic heterocycles. The topological polar surface area (TPSA) is 56.7 Å². The Hall–Kier alpha value is -2.21. The van der Waals surface area contributed by atoms with E-state index in [0.29, 0.717) is 11.5 Å². The molecule has 0 saturated heterocycles. The Labute approximate surface area is 119 Å². The molecule has 0 unspecified atom stereocenters. The number of esters is 1. The largest absolute Gasteiger partial charge is 0.463 e. The highest BCUT2D eigenvalue weighted by Gasteiger charge is 2.12. The molecule has 0 saturated carbocycles. The number of hydrogen-bond donors (Lipinski definition) is 0. The van der Waals surface area contributed by atoms with Gasteiger partial charge in [-0.25, -0.2) is 9.78 Å². The van der Waals surface area contributed by atoms with Gasteiger partial charge in [-0.1, -0.05) is 17.8 Å². The number of pyridine rings is 1. The highest BCUT2D eigenvalue weighted by molar-refractivity contribution is 7.98. The molecule has 0 atom stereocenters. The van der Waals surface area contributed by atoms with Gasteiger partial charge in [0.2, 0.25) is 5.76 Å². The second-order valence-electron chi connectivity index (χ2n) is 4.08. The molecule has 0 fully saturated rings. The summed E-state index contributed by atoms with van der Waals surface area (Å²) in [5, 5.41) is 0.886. The van der Waals surface area contributed by atoms with Crippen molar-refractivity contribution in [2.24, 2.45) is 0 Å². The summed E-state index contributed by atoms with van der Waals surface area (Å²) in [5.74, 6) is 1.07. The van der Waals surface area contributed by atoms with Crippen molar-refractivity contribution in [2.45, 2.75) is 10.9 Å². The van der Waals surface area contributed by atoms with Crippen LogP contribution in [-0.2, 0) is 10.5 Å². The SMILES string of the molecule is COC(=O)c1ccc(CSc2ncc3ccccn23)o1. The molecule has 0 N–H and O–H groups in total. The Morgan fingerprint density at radius 3 is 3.15 bits per heavy atom. The third-order valence-electron chi connectivity index (χ3n) is 2.80. The molecule has 0 bridgehead atoms. The highest BCUT2D eigenvalue weighted by Crippen LogP contribution is 2.23. The number of imidazole rings is 1. The third kappa shape index (κ3) is 2.42. The number of carbonyl (C=O) groups excluding carboxylic acids is 1. The minimum atomic E-state index is -0.465. The summed E-state index contributed by atoms with van der Waals surface area (Å²) in [6.45, 7) is 0. The van der Waals surface area contributed by atoms with Crippen molar-refractivity contribution < 1.29 is 13.9 Å². The van der Waals surface area contributed by atoms with Crippen molar-refractivity contribution in [3.63, 3.8) is 0 Å². The number of aromatic nitrogens is 2. The Bertz CT molecular complexity index is 748. The fourth-order valence-corrected chi connectivity index (χ4v) is 2.69. The maximum Gasteiger partial charge on any atom is 0.373 e. The molecule has 20 heavy (non-hydrogen) atoms. The van der Waals surface area contributed by atoms with E-state index in [9.17, 15) is 4.79 Å². The van der Waals surface area contributed by atoms with Gasteiger partial charge in [0.25, 0.3) is 0 Å².